The predicted molar refractivity (Wildman–Crippen MR) is 99.7 cm³/mol. The van der Waals surface area contributed by atoms with E-state index < -0.39 is 0 Å². The van der Waals surface area contributed by atoms with Crippen molar-refractivity contribution in [1.29, 1.82) is 0 Å². The summed E-state index contributed by atoms with van der Waals surface area (Å²) in [4.78, 5) is 21.5. The number of fused-ring (bicyclic) bond motifs is 1. The molecule has 0 unspecified atom stereocenters. The quantitative estimate of drug-likeness (QED) is 0.716. The lowest BCUT2D eigenvalue weighted by atomic mass is 10.0. The van der Waals surface area contributed by atoms with E-state index in [2.05, 4.69) is 9.88 Å². The van der Waals surface area contributed by atoms with Gasteiger partial charge in [0, 0.05) is 25.5 Å². The number of rotatable bonds is 5. The van der Waals surface area contributed by atoms with Crippen LogP contribution in [0.2, 0.25) is 0 Å². The van der Waals surface area contributed by atoms with E-state index in [0.717, 1.165) is 23.0 Å². The lowest BCUT2D eigenvalue weighted by Gasteiger charge is -2.21. The Bertz CT molecular complexity index is 885. The fourth-order valence-corrected chi connectivity index (χ4v) is 2.72. The Morgan fingerprint density at radius 1 is 1.12 bits per heavy atom. The number of aryl methyl sites for hydroxylation is 1. The van der Waals surface area contributed by atoms with Gasteiger partial charge < -0.3 is 14.2 Å². The first-order chi connectivity index (χ1) is 12.0. The fourth-order valence-electron chi connectivity index (χ4n) is 2.72. The average Bonchev–Trinajstić information content (AvgIpc) is 3.12. The molecule has 3 rings (SSSR count). The first kappa shape index (κ1) is 17.2. The number of likely N-dealkylation sites (N-methyl/N-ethyl adjacent to an activating group) is 2. The number of carbonyl (C=O) groups excluding carboxylic acids is 1. The van der Waals surface area contributed by atoms with Gasteiger partial charge in [0.2, 0.25) is 0 Å². The minimum Gasteiger partial charge on any atom is -0.463 e. The molecule has 2 heterocycles. The van der Waals surface area contributed by atoms with Gasteiger partial charge in [-0.05, 0) is 51.4 Å². The van der Waals surface area contributed by atoms with Crippen molar-refractivity contribution in [3.63, 3.8) is 0 Å². The van der Waals surface area contributed by atoms with Crippen LogP contribution in [-0.2, 0) is 0 Å². The number of nitrogens with zero attached hydrogens (tertiary/aromatic N) is 3. The monoisotopic (exact) mass is 337 g/mol. The maximum atomic E-state index is 13.1. The number of aromatic nitrogens is 1. The second-order valence-electron chi connectivity index (χ2n) is 6.58. The van der Waals surface area contributed by atoms with E-state index >= 15 is 0 Å². The molecule has 2 aromatic heterocycles. The largest absolute Gasteiger partial charge is 0.463 e. The molecule has 0 aliphatic carbocycles. The Morgan fingerprint density at radius 3 is 2.60 bits per heavy atom. The maximum Gasteiger partial charge on any atom is 0.254 e. The zero-order chi connectivity index (χ0) is 18.0. The van der Waals surface area contributed by atoms with Gasteiger partial charge >= 0.3 is 0 Å². The van der Waals surface area contributed by atoms with E-state index in [9.17, 15) is 4.79 Å². The highest BCUT2D eigenvalue weighted by Gasteiger charge is 2.18. The first-order valence-corrected chi connectivity index (χ1v) is 8.31. The topological polar surface area (TPSA) is 49.6 Å². The number of carbonyl (C=O) groups is 1. The maximum absolute atomic E-state index is 13.1. The summed E-state index contributed by atoms with van der Waals surface area (Å²) in [5.74, 6) is 0.653. The van der Waals surface area contributed by atoms with Crippen LogP contribution in [0, 0.1) is 6.92 Å². The summed E-state index contributed by atoms with van der Waals surface area (Å²) in [6, 6.07) is 11.5. The van der Waals surface area contributed by atoms with Crippen molar-refractivity contribution in [3.05, 3.63) is 53.8 Å². The Kier molecular flexibility index (Phi) is 4.86. The SMILES string of the molecule is Cc1ccc2nc(-c3ccco3)cc(C(=O)N(C)CCN(C)C)c2c1. The number of hydrogen-bond donors (Lipinski definition) is 0. The zero-order valence-electron chi connectivity index (χ0n) is 15.1. The molecule has 1 amide bonds. The van der Waals surface area contributed by atoms with Crippen LogP contribution in [0.25, 0.3) is 22.4 Å². The number of benzene rings is 1. The van der Waals surface area contributed by atoms with E-state index in [1.165, 1.54) is 0 Å². The summed E-state index contributed by atoms with van der Waals surface area (Å²) in [5.41, 5.74) is 3.22. The summed E-state index contributed by atoms with van der Waals surface area (Å²) in [5, 5.41) is 0.872. The van der Waals surface area contributed by atoms with Crippen molar-refractivity contribution in [1.82, 2.24) is 14.8 Å². The molecule has 0 fully saturated rings. The number of furan rings is 1. The molecule has 130 valence electrons. The van der Waals surface area contributed by atoms with E-state index in [-0.39, 0.29) is 5.91 Å². The van der Waals surface area contributed by atoms with Gasteiger partial charge in [-0.1, -0.05) is 11.6 Å². The number of pyridine rings is 1. The van der Waals surface area contributed by atoms with Gasteiger partial charge in [0.15, 0.2) is 5.76 Å². The van der Waals surface area contributed by atoms with Crippen molar-refractivity contribution >= 4 is 16.8 Å². The van der Waals surface area contributed by atoms with Gasteiger partial charge in [0.1, 0.15) is 5.69 Å². The smallest absolute Gasteiger partial charge is 0.254 e. The standard InChI is InChI=1S/C20H23N3O2/c1-14-7-8-17-15(12-14)16(20(24)23(4)10-9-22(2)3)13-18(21-17)19-6-5-11-25-19/h5-8,11-13H,9-10H2,1-4H3. The van der Waals surface area contributed by atoms with Crippen LogP contribution in [0.5, 0.6) is 0 Å². The van der Waals surface area contributed by atoms with Gasteiger partial charge in [-0.3, -0.25) is 4.79 Å². The van der Waals surface area contributed by atoms with Crippen molar-refractivity contribution in [2.75, 3.05) is 34.2 Å². The van der Waals surface area contributed by atoms with E-state index in [1.54, 1.807) is 11.2 Å². The summed E-state index contributed by atoms with van der Waals surface area (Å²) < 4.78 is 5.47. The molecule has 5 nitrogen and oxygen atoms in total. The lowest BCUT2D eigenvalue weighted by Crippen LogP contribution is -2.33. The normalized spacial score (nSPS) is 11.2. The van der Waals surface area contributed by atoms with Crippen LogP contribution in [-0.4, -0.2) is 54.9 Å². The highest BCUT2D eigenvalue weighted by Crippen LogP contribution is 2.26. The third-order valence-electron chi connectivity index (χ3n) is 4.20. The molecule has 0 aliphatic rings. The molecule has 5 heteroatoms. The van der Waals surface area contributed by atoms with E-state index in [0.29, 0.717) is 23.6 Å². The minimum absolute atomic E-state index is 0.00680. The molecule has 0 atom stereocenters. The zero-order valence-corrected chi connectivity index (χ0v) is 15.1. The van der Waals surface area contributed by atoms with E-state index in [4.69, 9.17) is 4.42 Å². The average molecular weight is 337 g/mol. The number of hydrogen-bond acceptors (Lipinski definition) is 4. The first-order valence-electron chi connectivity index (χ1n) is 8.31. The van der Waals surface area contributed by atoms with Crippen molar-refractivity contribution in [3.8, 4) is 11.5 Å². The minimum atomic E-state index is -0.00680. The fraction of sp³-hybridized carbons (Fsp3) is 0.300. The highest BCUT2D eigenvalue weighted by atomic mass is 16.3. The molecular formula is C20H23N3O2. The molecule has 25 heavy (non-hydrogen) atoms. The Morgan fingerprint density at radius 2 is 1.92 bits per heavy atom. The summed E-state index contributed by atoms with van der Waals surface area (Å²) >= 11 is 0. The van der Waals surface area contributed by atoms with Crippen molar-refractivity contribution < 1.29 is 9.21 Å². The van der Waals surface area contributed by atoms with Gasteiger partial charge in [-0.2, -0.15) is 0 Å². The molecule has 0 spiro atoms. The number of amides is 1. The molecule has 0 N–H and O–H groups in total. The van der Waals surface area contributed by atoms with Gasteiger partial charge in [-0.15, -0.1) is 0 Å². The third-order valence-corrected chi connectivity index (χ3v) is 4.20. The molecule has 0 radical (unpaired) electrons. The molecule has 1 aromatic carbocycles. The molecule has 0 aliphatic heterocycles. The second-order valence-corrected chi connectivity index (χ2v) is 6.58. The third kappa shape index (κ3) is 3.72. The van der Waals surface area contributed by atoms with Crippen molar-refractivity contribution in [2.45, 2.75) is 6.92 Å². The summed E-state index contributed by atoms with van der Waals surface area (Å²) in [6.07, 6.45) is 1.61. The van der Waals surface area contributed by atoms with Gasteiger partial charge in [-0.25, -0.2) is 4.98 Å². The molecule has 0 saturated heterocycles. The van der Waals surface area contributed by atoms with Crippen LogP contribution in [0.1, 0.15) is 15.9 Å². The Hall–Kier alpha value is -2.66. The Balaban J connectivity index is 2.08. The molecule has 3 aromatic rings. The second kappa shape index (κ2) is 7.07. The lowest BCUT2D eigenvalue weighted by molar-refractivity contribution is 0.0788. The van der Waals surface area contributed by atoms with Gasteiger partial charge in [0.25, 0.3) is 5.91 Å². The van der Waals surface area contributed by atoms with Crippen LogP contribution < -0.4 is 0 Å². The summed E-state index contributed by atoms with van der Waals surface area (Å²) in [6.45, 7) is 3.50. The molecule has 0 bridgehead atoms. The highest BCUT2D eigenvalue weighted by molar-refractivity contribution is 6.07. The van der Waals surface area contributed by atoms with Crippen LogP contribution >= 0.6 is 0 Å². The summed E-state index contributed by atoms with van der Waals surface area (Å²) in [7, 11) is 5.83. The van der Waals surface area contributed by atoms with Crippen LogP contribution in [0.4, 0.5) is 0 Å². The Labute approximate surface area is 147 Å². The van der Waals surface area contributed by atoms with Crippen LogP contribution in [0.3, 0.4) is 0 Å². The predicted octanol–water partition coefficient (Wildman–Crippen LogP) is 3.44. The van der Waals surface area contributed by atoms with Gasteiger partial charge in [0.05, 0.1) is 17.3 Å². The van der Waals surface area contributed by atoms with Crippen LogP contribution in [0.15, 0.2) is 47.1 Å². The molecule has 0 saturated carbocycles. The van der Waals surface area contributed by atoms with Crippen molar-refractivity contribution in [2.24, 2.45) is 0 Å². The van der Waals surface area contributed by atoms with E-state index in [1.807, 2.05) is 64.5 Å². The molecular weight excluding hydrogens is 314 g/mol.